The minimum Gasteiger partial charge on any atom is -0.439 e. The number of hydrogen-bond acceptors (Lipinski definition) is 7. The molecule has 3 N–H and O–H groups in total. The van der Waals surface area contributed by atoms with Crippen molar-refractivity contribution >= 4 is 34.2 Å². The van der Waals surface area contributed by atoms with E-state index in [-0.39, 0.29) is 17.2 Å². The minimum atomic E-state index is -0.296. The summed E-state index contributed by atoms with van der Waals surface area (Å²) in [6.07, 6.45) is 1.33. The topological polar surface area (TPSA) is 128 Å². The molecule has 0 aliphatic heterocycles. The third-order valence-corrected chi connectivity index (χ3v) is 6.45. The van der Waals surface area contributed by atoms with E-state index in [4.69, 9.17) is 15.6 Å². The molecule has 0 saturated carbocycles. The highest BCUT2D eigenvalue weighted by atomic mass is 16.5. The van der Waals surface area contributed by atoms with Gasteiger partial charge < -0.3 is 20.7 Å². The zero-order valence-corrected chi connectivity index (χ0v) is 23.5. The lowest BCUT2D eigenvalue weighted by atomic mass is 9.92. The van der Waals surface area contributed by atoms with E-state index in [1.54, 1.807) is 49.1 Å². The first kappa shape index (κ1) is 27.3. The van der Waals surface area contributed by atoms with Crippen molar-refractivity contribution in [2.45, 2.75) is 26.2 Å². The molecule has 41 heavy (non-hydrogen) atoms. The molecule has 0 aliphatic carbocycles. The summed E-state index contributed by atoms with van der Waals surface area (Å²) in [7, 11) is 3.41. The Kier molecular flexibility index (Phi) is 7.15. The Labute approximate surface area is 237 Å². The molecule has 2 amide bonds. The Morgan fingerprint density at radius 2 is 1.73 bits per heavy atom. The molecule has 208 valence electrons. The van der Waals surface area contributed by atoms with Gasteiger partial charge in [-0.1, -0.05) is 39.0 Å². The molecular weight excluding hydrogens is 518 g/mol. The third-order valence-electron chi connectivity index (χ3n) is 6.45. The average Bonchev–Trinajstić information content (AvgIpc) is 3.36. The van der Waals surface area contributed by atoms with E-state index in [9.17, 15) is 9.59 Å². The van der Waals surface area contributed by atoms with Crippen LogP contribution in [0.5, 0.6) is 11.6 Å². The lowest BCUT2D eigenvalue weighted by Crippen LogP contribution is -2.22. The predicted octanol–water partition coefficient (Wildman–Crippen LogP) is 5.44. The molecule has 0 spiro atoms. The summed E-state index contributed by atoms with van der Waals surface area (Å²) in [6.45, 7) is 6.16. The Morgan fingerprint density at radius 1 is 0.951 bits per heavy atom. The van der Waals surface area contributed by atoms with Crippen LogP contribution < -0.4 is 15.8 Å². The average molecular weight is 550 g/mol. The van der Waals surface area contributed by atoms with Crippen molar-refractivity contribution in [3.8, 4) is 17.3 Å². The third kappa shape index (κ3) is 5.86. The maximum absolute atomic E-state index is 13.7. The van der Waals surface area contributed by atoms with E-state index in [0.29, 0.717) is 40.1 Å². The number of carbonyl (C=O) groups is 2. The van der Waals surface area contributed by atoms with Gasteiger partial charge in [-0.15, -0.1) is 0 Å². The molecule has 0 aliphatic rings. The molecule has 0 bridgehead atoms. The van der Waals surface area contributed by atoms with Gasteiger partial charge in [0.2, 0.25) is 5.88 Å². The summed E-state index contributed by atoms with van der Waals surface area (Å²) in [4.78, 5) is 35.8. The summed E-state index contributed by atoms with van der Waals surface area (Å²) in [5.74, 6) is 1.25. The molecule has 0 unspecified atom stereocenters. The second-order valence-corrected chi connectivity index (χ2v) is 10.9. The van der Waals surface area contributed by atoms with Crippen LogP contribution in [0.25, 0.3) is 16.5 Å². The van der Waals surface area contributed by atoms with Gasteiger partial charge in [0.05, 0.1) is 11.4 Å². The van der Waals surface area contributed by atoms with E-state index < -0.39 is 0 Å². The number of ether oxygens (including phenoxy) is 1. The fraction of sp³-hybridized carbons (Fsp3) is 0.194. The molecule has 2 aromatic heterocycles. The number of amides is 2. The second-order valence-electron chi connectivity index (χ2n) is 10.9. The summed E-state index contributed by atoms with van der Waals surface area (Å²) < 4.78 is 7.50. The zero-order valence-electron chi connectivity index (χ0n) is 23.5. The number of fused-ring (bicyclic) bond motifs is 1. The van der Waals surface area contributed by atoms with Crippen LogP contribution in [-0.2, 0) is 5.41 Å². The van der Waals surface area contributed by atoms with Gasteiger partial charge in [0.25, 0.3) is 11.8 Å². The Hall–Kier alpha value is -5.25. The monoisotopic (exact) mass is 549 g/mol. The van der Waals surface area contributed by atoms with Crippen molar-refractivity contribution in [2.24, 2.45) is 0 Å². The van der Waals surface area contributed by atoms with Gasteiger partial charge in [-0.25, -0.2) is 14.6 Å². The SMILES string of the molecule is CN(C)C(=O)c1cccc(-n2nc(C(C)(C)C)cc2NC(=O)c2cccc3cc(Oc4cc(N)ncn4)ccc23)c1. The van der Waals surface area contributed by atoms with Crippen molar-refractivity contribution in [1.29, 1.82) is 0 Å². The van der Waals surface area contributed by atoms with Crippen LogP contribution in [0.4, 0.5) is 11.6 Å². The number of nitrogens with one attached hydrogen (secondary N) is 1. The van der Waals surface area contributed by atoms with Gasteiger partial charge in [-0.3, -0.25) is 9.59 Å². The van der Waals surface area contributed by atoms with Gasteiger partial charge in [0.15, 0.2) is 0 Å². The number of anilines is 2. The normalized spacial score (nSPS) is 11.3. The number of aromatic nitrogens is 4. The maximum Gasteiger partial charge on any atom is 0.257 e. The minimum absolute atomic E-state index is 0.122. The number of nitrogens with two attached hydrogens (primary N) is 1. The predicted molar refractivity (Wildman–Crippen MR) is 159 cm³/mol. The number of nitrogen functional groups attached to an aromatic ring is 1. The van der Waals surface area contributed by atoms with E-state index in [1.807, 2.05) is 36.4 Å². The standard InChI is InChI=1S/C31H31N7O3/c1-31(2,3)25-16-27(38(36-25)21-10-6-9-20(14-21)30(40)37(4)5)35-29(39)24-11-7-8-19-15-22(12-13-23(19)24)41-28-17-26(32)33-18-34-28/h6-18H,1-5H3,(H,35,39)(H2,32,33,34). The van der Waals surface area contributed by atoms with Crippen molar-refractivity contribution in [3.63, 3.8) is 0 Å². The summed E-state index contributed by atoms with van der Waals surface area (Å²) >= 11 is 0. The van der Waals surface area contributed by atoms with Crippen LogP contribution in [0.15, 0.2) is 79.1 Å². The Morgan fingerprint density at radius 3 is 2.46 bits per heavy atom. The highest BCUT2D eigenvalue weighted by Gasteiger charge is 2.23. The van der Waals surface area contributed by atoms with Gasteiger partial charge in [0.1, 0.15) is 23.7 Å². The largest absolute Gasteiger partial charge is 0.439 e. The first-order chi connectivity index (χ1) is 19.5. The second kappa shape index (κ2) is 10.7. The molecule has 0 radical (unpaired) electrons. The Balaban J connectivity index is 1.48. The van der Waals surface area contributed by atoms with Crippen molar-refractivity contribution in [3.05, 3.63) is 95.9 Å². The number of rotatable bonds is 6. The fourth-order valence-corrected chi connectivity index (χ4v) is 4.30. The molecular formula is C31H31N7O3. The Bertz CT molecular complexity index is 1770. The number of benzene rings is 3. The smallest absolute Gasteiger partial charge is 0.257 e. The van der Waals surface area contributed by atoms with Crippen LogP contribution in [0.2, 0.25) is 0 Å². The number of carbonyl (C=O) groups excluding carboxylic acids is 2. The molecule has 5 aromatic rings. The molecule has 10 nitrogen and oxygen atoms in total. The molecule has 2 heterocycles. The zero-order chi connectivity index (χ0) is 29.3. The van der Waals surface area contributed by atoms with E-state index in [1.165, 1.54) is 17.3 Å². The first-order valence-corrected chi connectivity index (χ1v) is 13.0. The fourth-order valence-electron chi connectivity index (χ4n) is 4.30. The number of nitrogens with zero attached hydrogens (tertiary/aromatic N) is 5. The van der Waals surface area contributed by atoms with Crippen LogP contribution in [0, 0.1) is 0 Å². The highest BCUT2D eigenvalue weighted by molar-refractivity contribution is 6.13. The quantitative estimate of drug-likeness (QED) is 0.289. The summed E-state index contributed by atoms with van der Waals surface area (Å²) in [5.41, 5.74) is 7.92. The van der Waals surface area contributed by atoms with Crippen molar-refractivity contribution < 1.29 is 14.3 Å². The van der Waals surface area contributed by atoms with Crippen LogP contribution >= 0.6 is 0 Å². The van der Waals surface area contributed by atoms with Gasteiger partial charge >= 0.3 is 0 Å². The molecule has 0 fully saturated rings. The van der Waals surface area contributed by atoms with E-state index in [0.717, 1.165) is 16.5 Å². The van der Waals surface area contributed by atoms with E-state index in [2.05, 4.69) is 36.1 Å². The van der Waals surface area contributed by atoms with E-state index >= 15 is 0 Å². The molecule has 10 heteroatoms. The van der Waals surface area contributed by atoms with Crippen molar-refractivity contribution in [1.82, 2.24) is 24.6 Å². The van der Waals surface area contributed by atoms with Gasteiger partial charge in [-0.2, -0.15) is 5.10 Å². The van der Waals surface area contributed by atoms with Gasteiger partial charge in [0, 0.05) is 42.8 Å². The first-order valence-electron chi connectivity index (χ1n) is 13.0. The summed E-state index contributed by atoms with van der Waals surface area (Å²) in [6, 6.07) is 21.5. The highest BCUT2D eigenvalue weighted by Crippen LogP contribution is 2.30. The molecule has 0 saturated heterocycles. The maximum atomic E-state index is 13.7. The van der Waals surface area contributed by atoms with Crippen molar-refractivity contribution in [2.75, 3.05) is 25.1 Å². The molecule has 0 atom stereocenters. The lowest BCUT2D eigenvalue weighted by molar-refractivity contribution is 0.0827. The molecule has 3 aromatic carbocycles. The summed E-state index contributed by atoms with van der Waals surface area (Å²) in [5, 5.41) is 9.42. The lowest BCUT2D eigenvalue weighted by Gasteiger charge is -2.14. The van der Waals surface area contributed by atoms with Crippen LogP contribution in [0.3, 0.4) is 0 Å². The van der Waals surface area contributed by atoms with Crippen LogP contribution in [-0.4, -0.2) is 50.6 Å². The molecule has 5 rings (SSSR count). The number of hydrogen-bond donors (Lipinski definition) is 2. The van der Waals surface area contributed by atoms with Gasteiger partial charge in [-0.05, 0) is 53.2 Å². The van der Waals surface area contributed by atoms with Crippen LogP contribution in [0.1, 0.15) is 47.2 Å².